The van der Waals surface area contributed by atoms with Crippen molar-refractivity contribution in [1.82, 2.24) is 24.7 Å². The minimum Gasteiger partial charge on any atom is -0.472 e. The maximum atomic E-state index is 13.5. The molecular weight excluding hydrogens is 446 g/mol. The number of amides is 2. The van der Waals surface area contributed by atoms with E-state index in [1.807, 2.05) is 32.0 Å². The van der Waals surface area contributed by atoms with Crippen LogP contribution in [0.4, 0.5) is 0 Å². The molecule has 1 N–H and O–H groups in total. The number of aromatic nitrogens is 2. The minimum atomic E-state index is -0.397. The lowest BCUT2D eigenvalue weighted by molar-refractivity contribution is -0.132. The lowest BCUT2D eigenvalue weighted by Gasteiger charge is -2.37. The van der Waals surface area contributed by atoms with Crippen LogP contribution >= 0.6 is 0 Å². The fourth-order valence-electron chi connectivity index (χ4n) is 3.73. The number of hydrogen-bond acceptors (Lipinski definition) is 7. The molecule has 35 heavy (non-hydrogen) atoms. The predicted octanol–water partition coefficient (Wildman–Crippen LogP) is 1.12. The van der Waals surface area contributed by atoms with Gasteiger partial charge in [-0.25, -0.2) is 4.98 Å². The van der Waals surface area contributed by atoms with E-state index in [0.29, 0.717) is 18.7 Å². The second-order valence-corrected chi connectivity index (χ2v) is 9.20. The molecule has 0 bridgehead atoms. The van der Waals surface area contributed by atoms with Crippen molar-refractivity contribution in [3.8, 4) is 17.7 Å². The zero-order chi connectivity index (χ0) is 25.5. The van der Waals surface area contributed by atoms with E-state index in [0.717, 1.165) is 5.56 Å². The summed E-state index contributed by atoms with van der Waals surface area (Å²) in [7, 11) is 5.43. The largest absolute Gasteiger partial charge is 0.472 e. The first kappa shape index (κ1) is 26.1. The number of aliphatic hydroxyl groups excluding tert-OH is 1. The number of likely N-dealkylation sites (N-methyl/N-ethyl adjacent to an activating group) is 2. The molecule has 1 aliphatic rings. The summed E-state index contributed by atoms with van der Waals surface area (Å²) >= 11 is 0. The maximum Gasteiger partial charge on any atom is 0.259 e. The van der Waals surface area contributed by atoms with Gasteiger partial charge in [0.05, 0.1) is 25.7 Å². The molecule has 1 aliphatic heterocycles. The highest BCUT2D eigenvalue weighted by Crippen LogP contribution is 2.27. The van der Waals surface area contributed by atoms with Crippen LogP contribution in [0.1, 0.15) is 35.3 Å². The highest BCUT2D eigenvalue weighted by atomic mass is 16.5. The monoisotopic (exact) mass is 479 g/mol. The highest BCUT2D eigenvalue weighted by Gasteiger charge is 2.34. The Kier molecular flexibility index (Phi) is 8.79. The van der Waals surface area contributed by atoms with Gasteiger partial charge in [-0.1, -0.05) is 18.8 Å². The first-order valence-corrected chi connectivity index (χ1v) is 11.6. The first-order chi connectivity index (χ1) is 16.7. The predicted molar refractivity (Wildman–Crippen MR) is 132 cm³/mol. The van der Waals surface area contributed by atoms with E-state index < -0.39 is 12.1 Å². The summed E-state index contributed by atoms with van der Waals surface area (Å²) in [5.74, 6) is 5.83. The van der Waals surface area contributed by atoms with Crippen molar-refractivity contribution in [2.24, 2.45) is 5.92 Å². The normalized spacial score (nSPS) is 18.5. The lowest BCUT2D eigenvalue weighted by Crippen LogP contribution is -2.51. The van der Waals surface area contributed by atoms with Crippen molar-refractivity contribution < 1.29 is 19.4 Å². The second kappa shape index (κ2) is 11.8. The molecule has 186 valence electrons. The molecular formula is C26H33N5O4. The summed E-state index contributed by atoms with van der Waals surface area (Å²) in [4.78, 5) is 39.6. The van der Waals surface area contributed by atoms with E-state index in [1.54, 1.807) is 54.5 Å². The van der Waals surface area contributed by atoms with Crippen molar-refractivity contribution in [2.75, 3.05) is 47.4 Å². The second-order valence-electron chi connectivity index (χ2n) is 9.20. The molecule has 2 amide bonds. The van der Waals surface area contributed by atoms with Gasteiger partial charge in [-0.3, -0.25) is 14.6 Å². The summed E-state index contributed by atoms with van der Waals surface area (Å²) < 4.78 is 6.24. The van der Waals surface area contributed by atoms with Crippen LogP contribution in [0.25, 0.3) is 0 Å². The van der Waals surface area contributed by atoms with Crippen LogP contribution in [0, 0.1) is 17.8 Å². The number of hydrogen-bond donors (Lipinski definition) is 1. The van der Waals surface area contributed by atoms with Crippen molar-refractivity contribution >= 4 is 11.8 Å². The van der Waals surface area contributed by atoms with E-state index in [2.05, 4.69) is 21.8 Å². The van der Waals surface area contributed by atoms with Crippen LogP contribution < -0.4 is 4.74 Å². The molecule has 3 rings (SSSR count). The van der Waals surface area contributed by atoms with E-state index in [1.165, 1.54) is 0 Å². The molecule has 0 saturated heterocycles. The molecule has 2 aromatic rings. The van der Waals surface area contributed by atoms with Crippen molar-refractivity contribution in [1.29, 1.82) is 0 Å². The Labute approximate surface area is 206 Å². The highest BCUT2D eigenvalue weighted by molar-refractivity contribution is 5.97. The first-order valence-electron chi connectivity index (χ1n) is 11.6. The number of carbonyl (C=O) groups is 2. The molecule has 0 aliphatic carbocycles. The van der Waals surface area contributed by atoms with Crippen molar-refractivity contribution in [3.05, 3.63) is 53.5 Å². The van der Waals surface area contributed by atoms with Crippen LogP contribution in [-0.2, 0) is 4.79 Å². The average Bonchev–Trinajstić information content (AvgIpc) is 2.84. The summed E-state index contributed by atoms with van der Waals surface area (Å²) in [5.41, 5.74) is 1.59. The Hall–Kier alpha value is -3.48. The molecule has 2 aromatic heterocycles. The molecule has 0 saturated carbocycles. The van der Waals surface area contributed by atoms with Gasteiger partial charge in [-0.2, -0.15) is 0 Å². The fourth-order valence-corrected chi connectivity index (χ4v) is 3.73. The van der Waals surface area contributed by atoms with Gasteiger partial charge in [0, 0.05) is 49.2 Å². The van der Waals surface area contributed by atoms with Crippen LogP contribution in [0.2, 0.25) is 0 Å². The summed E-state index contributed by atoms with van der Waals surface area (Å²) in [5, 5.41) is 9.81. The van der Waals surface area contributed by atoms with Crippen molar-refractivity contribution in [2.45, 2.75) is 26.0 Å². The van der Waals surface area contributed by atoms with Crippen LogP contribution in [0.5, 0.6) is 5.88 Å². The minimum absolute atomic E-state index is 0.0290. The van der Waals surface area contributed by atoms with Gasteiger partial charge >= 0.3 is 0 Å². The summed E-state index contributed by atoms with van der Waals surface area (Å²) in [6.45, 7) is 4.59. The van der Waals surface area contributed by atoms with Gasteiger partial charge in [0.2, 0.25) is 11.8 Å². The zero-order valence-electron chi connectivity index (χ0n) is 20.9. The molecule has 3 heterocycles. The van der Waals surface area contributed by atoms with Gasteiger partial charge in [-0.05, 0) is 39.2 Å². The van der Waals surface area contributed by atoms with E-state index in [9.17, 15) is 14.7 Å². The maximum absolute atomic E-state index is 13.5. The van der Waals surface area contributed by atoms with Crippen molar-refractivity contribution in [3.63, 3.8) is 0 Å². The number of aliphatic hydroxyl groups is 1. The van der Waals surface area contributed by atoms with Gasteiger partial charge in [-0.15, -0.1) is 0 Å². The lowest BCUT2D eigenvalue weighted by atomic mass is 10.00. The Bertz CT molecular complexity index is 1100. The van der Waals surface area contributed by atoms with Crippen LogP contribution in [0.3, 0.4) is 0 Å². The average molecular weight is 480 g/mol. The fraction of sp³-hybridized carbons (Fsp3) is 0.462. The number of nitrogens with zero attached hydrogens (tertiary/aromatic N) is 5. The molecule has 3 atom stereocenters. The van der Waals surface area contributed by atoms with E-state index >= 15 is 0 Å². The van der Waals surface area contributed by atoms with Crippen LogP contribution in [0.15, 0.2) is 36.8 Å². The Morgan fingerprint density at radius 2 is 2.03 bits per heavy atom. The smallest absolute Gasteiger partial charge is 0.259 e. The molecule has 0 aromatic carbocycles. The summed E-state index contributed by atoms with van der Waals surface area (Å²) in [6, 6.07) is 4.92. The van der Waals surface area contributed by atoms with Gasteiger partial charge in [0.15, 0.2) is 0 Å². The zero-order valence-corrected chi connectivity index (χ0v) is 20.9. The third kappa shape index (κ3) is 6.78. The molecule has 0 spiro atoms. The number of carbonyl (C=O) groups excluding carboxylic acids is 2. The third-order valence-electron chi connectivity index (χ3n) is 5.86. The molecule has 0 fully saturated rings. The molecule has 0 radical (unpaired) electrons. The summed E-state index contributed by atoms with van der Waals surface area (Å²) in [6.07, 6.45) is 4.51. The molecule has 9 nitrogen and oxygen atoms in total. The van der Waals surface area contributed by atoms with Gasteiger partial charge in [0.25, 0.3) is 5.91 Å². The number of fused-ring (bicyclic) bond motifs is 1. The molecule has 9 heteroatoms. The van der Waals surface area contributed by atoms with Gasteiger partial charge in [0.1, 0.15) is 11.7 Å². The number of pyridine rings is 2. The standard InChI is InChI=1S/C26H33N5O4/c1-18-14-31(19(2)17-32)26(34)22-11-21(9-8-20-7-6-10-27-12-20)13-28-25(22)35-23(18)15-30(5)24(33)16-29(3)4/h6-7,10-13,18-19,23,32H,14-17H2,1-5H3/t18-,19+,23+/m0/s1. The van der Waals surface area contributed by atoms with E-state index in [-0.39, 0.29) is 42.3 Å². The Balaban J connectivity index is 1.95. The Morgan fingerprint density at radius 3 is 2.69 bits per heavy atom. The van der Waals surface area contributed by atoms with E-state index in [4.69, 9.17) is 4.74 Å². The topological polar surface area (TPSA) is 99.1 Å². The third-order valence-corrected chi connectivity index (χ3v) is 5.86. The van der Waals surface area contributed by atoms with Gasteiger partial charge < -0.3 is 24.5 Å². The molecule has 0 unspecified atom stereocenters. The van der Waals surface area contributed by atoms with Crippen LogP contribution in [-0.4, -0.2) is 101 Å². The Morgan fingerprint density at radius 1 is 1.29 bits per heavy atom. The number of ether oxygens (including phenoxy) is 1. The quantitative estimate of drug-likeness (QED) is 0.620. The number of rotatable bonds is 6. The SMILES string of the molecule is C[C@H](CO)N1C[C@H](C)[C@@H](CN(C)C(=O)CN(C)C)Oc2ncc(C#Cc3cccnc3)cc2C1=O.